The van der Waals surface area contributed by atoms with Crippen molar-refractivity contribution >= 4 is 17.6 Å². The van der Waals surface area contributed by atoms with Crippen LogP contribution in [0.2, 0.25) is 0 Å². The van der Waals surface area contributed by atoms with Gasteiger partial charge in [-0.3, -0.25) is 4.79 Å². The molecule has 2 aromatic carbocycles. The fourth-order valence-corrected chi connectivity index (χ4v) is 2.01. The maximum absolute atomic E-state index is 12.1. The number of carbonyl (C=O) groups is 2. The molecule has 0 saturated carbocycles. The SMILES string of the molecule is COC(=O)c1ccc(O[C@H](C)C(=O)Nc2cccc(C)c2)cc1. The van der Waals surface area contributed by atoms with Crippen molar-refractivity contribution in [1.29, 1.82) is 0 Å². The van der Waals surface area contributed by atoms with Crippen molar-refractivity contribution in [2.24, 2.45) is 0 Å². The van der Waals surface area contributed by atoms with E-state index < -0.39 is 12.1 Å². The predicted molar refractivity (Wildman–Crippen MR) is 87.7 cm³/mol. The lowest BCUT2D eigenvalue weighted by atomic mass is 10.2. The van der Waals surface area contributed by atoms with Crippen molar-refractivity contribution in [3.05, 3.63) is 59.7 Å². The van der Waals surface area contributed by atoms with Gasteiger partial charge in [0.25, 0.3) is 5.91 Å². The molecule has 0 aromatic heterocycles. The third kappa shape index (κ3) is 4.57. The number of nitrogens with one attached hydrogen (secondary N) is 1. The zero-order valence-corrected chi connectivity index (χ0v) is 13.3. The Morgan fingerprint density at radius 2 is 1.78 bits per heavy atom. The van der Waals surface area contributed by atoms with E-state index in [0.29, 0.717) is 11.3 Å². The van der Waals surface area contributed by atoms with Crippen LogP contribution in [0, 0.1) is 6.92 Å². The van der Waals surface area contributed by atoms with E-state index in [9.17, 15) is 9.59 Å². The van der Waals surface area contributed by atoms with E-state index >= 15 is 0 Å². The van der Waals surface area contributed by atoms with Crippen LogP contribution in [-0.4, -0.2) is 25.1 Å². The Bertz CT molecular complexity index is 694. The molecule has 0 heterocycles. The minimum absolute atomic E-state index is 0.243. The highest BCUT2D eigenvalue weighted by atomic mass is 16.5. The summed E-state index contributed by atoms with van der Waals surface area (Å²) in [6.07, 6.45) is -0.667. The monoisotopic (exact) mass is 313 g/mol. The first-order valence-electron chi connectivity index (χ1n) is 7.22. The van der Waals surface area contributed by atoms with Crippen LogP contribution in [0.1, 0.15) is 22.8 Å². The quantitative estimate of drug-likeness (QED) is 0.861. The van der Waals surface area contributed by atoms with Crippen LogP contribution in [0.3, 0.4) is 0 Å². The first-order chi connectivity index (χ1) is 11.0. The number of hydrogen-bond acceptors (Lipinski definition) is 4. The first-order valence-corrected chi connectivity index (χ1v) is 7.22. The molecule has 0 saturated heterocycles. The molecule has 1 atom stereocenters. The van der Waals surface area contributed by atoms with Crippen molar-refractivity contribution in [1.82, 2.24) is 0 Å². The molecule has 120 valence electrons. The molecule has 0 fully saturated rings. The largest absolute Gasteiger partial charge is 0.481 e. The van der Waals surface area contributed by atoms with Crippen molar-refractivity contribution in [2.45, 2.75) is 20.0 Å². The predicted octanol–water partition coefficient (Wildman–Crippen LogP) is 3.19. The van der Waals surface area contributed by atoms with Crippen LogP contribution in [0.5, 0.6) is 5.75 Å². The average molecular weight is 313 g/mol. The van der Waals surface area contributed by atoms with Crippen LogP contribution in [-0.2, 0) is 9.53 Å². The van der Waals surface area contributed by atoms with E-state index in [0.717, 1.165) is 11.3 Å². The zero-order chi connectivity index (χ0) is 16.8. The number of esters is 1. The molecule has 2 aromatic rings. The molecule has 2 rings (SSSR count). The van der Waals surface area contributed by atoms with Crippen molar-refractivity contribution in [3.8, 4) is 5.75 Å². The van der Waals surface area contributed by atoms with Crippen LogP contribution < -0.4 is 10.1 Å². The van der Waals surface area contributed by atoms with Crippen molar-refractivity contribution < 1.29 is 19.1 Å². The number of amides is 1. The molecule has 0 aliphatic carbocycles. The minimum atomic E-state index is -0.667. The fourth-order valence-electron chi connectivity index (χ4n) is 2.01. The van der Waals surface area contributed by atoms with E-state index in [1.54, 1.807) is 31.2 Å². The van der Waals surface area contributed by atoms with Crippen LogP contribution >= 0.6 is 0 Å². The standard InChI is InChI=1S/C18H19NO4/c1-12-5-4-6-15(11-12)19-17(20)13(2)23-16-9-7-14(8-10-16)18(21)22-3/h4-11,13H,1-3H3,(H,19,20)/t13-/m1/s1. The Balaban J connectivity index is 1.96. The van der Waals surface area contributed by atoms with Crippen LogP contribution in [0.15, 0.2) is 48.5 Å². The fraction of sp³-hybridized carbons (Fsp3) is 0.222. The summed E-state index contributed by atoms with van der Waals surface area (Å²) >= 11 is 0. The zero-order valence-electron chi connectivity index (χ0n) is 13.3. The summed E-state index contributed by atoms with van der Waals surface area (Å²) in [7, 11) is 1.32. The highest BCUT2D eigenvalue weighted by Gasteiger charge is 2.15. The maximum atomic E-state index is 12.1. The van der Waals surface area contributed by atoms with Crippen LogP contribution in [0.25, 0.3) is 0 Å². The van der Waals surface area contributed by atoms with Gasteiger partial charge in [-0.1, -0.05) is 12.1 Å². The smallest absolute Gasteiger partial charge is 0.337 e. The lowest BCUT2D eigenvalue weighted by molar-refractivity contribution is -0.122. The number of ether oxygens (including phenoxy) is 2. The number of aryl methyl sites for hydroxylation is 1. The van der Waals surface area contributed by atoms with Gasteiger partial charge in [-0.05, 0) is 55.8 Å². The lowest BCUT2D eigenvalue weighted by Gasteiger charge is -2.15. The molecular weight excluding hydrogens is 294 g/mol. The molecule has 0 radical (unpaired) electrons. The highest BCUT2D eigenvalue weighted by Crippen LogP contribution is 2.16. The van der Waals surface area contributed by atoms with Gasteiger partial charge in [-0.2, -0.15) is 0 Å². The van der Waals surface area contributed by atoms with Gasteiger partial charge in [-0.25, -0.2) is 4.79 Å². The molecule has 1 amide bonds. The second-order valence-electron chi connectivity index (χ2n) is 5.13. The summed E-state index contributed by atoms with van der Waals surface area (Å²) in [5.74, 6) is -0.154. The third-order valence-electron chi connectivity index (χ3n) is 3.24. The Morgan fingerprint density at radius 3 is 2.39 bits per heavy atom. The molecule has 23 heavy (non-hydrogen) atoms. The summed E-state index contributed by atoms with van der Waals surface area (Å²) in [6, 6.07) is 14.0. The molecule has 0 aliphatic heterocycles. The van der Waals surface area contributed by atoms with Gasteiger partial charge >= 0.3 is 5.97 Å². The molecule has 5 heteroatoms. The Labute approximate surface area is 135 Å². The number of anilines is 1. The average Bonchev–Trinajstić information content (AvgIpc) is 2.54. The summed E-state index contributed by atoms with van der Waals surface area (Å²) in [6.45, 7) is 3.62. The van der Waals surface area contributed by atoms with E-state index in [1.807, 2.05) is 31.2 Å². The first kappa shape index (κ1) is 16.5. The second-order valence-corrected chi connectivity index (χ2v) is 5.13. The minimum Gasteiger partial charge on any atom is -0.481 e. The number of benzene rings is 2. The number of carbonyl (C=O) groups excluding carboxylic acids is 2. The topological polar surface area (TPSA) is 64.6 Å². The molecule has 0 bridgehead atoms. The van der Waals surface area contributed by atoms with Gasteiger partial charge in [0.1, 0.15) is 5.75 Å². The van der Waals surface area contributed by atoms with Crippen LogP contribution in [0.4, 0.5) is 5.69 Å². The highest BCUT2D eigenvalue weighted by molar-refractivity contribution is 5.94. The Hall–Kier alpha value is -2.82. The number of methoxy groups -OCH3 is 1. The van der Waals surface area contributed by atoms with Gasteiger partial charge in [0.15, 0.2) is 6.10 Å². The Kier molecular flexibility index (Phi) is 5.36. The Morgan fingerprint density at radius 1 is 1.09 bits per heavy atom. The summed E-state index contributed by atoms with van der Waals surface area (Å²) < 4.78 is 10.2. The molecule has 1 N–H and O–H groups in total. The van der Waals surface area contributed by atoms with E-state index in [2.05, 4.69) is 10.1 Å². The third-order valence-corrected chi connectivity index (χ3v) is 3.24. The number of rotatable bonds is 5. The molecule has 0 aliphatic rings. The van der Waals surface area contributed by atoms with Crippen molar-refractivity contribution in [3.63, 3.8) is 0 Å². The van der Waals surface area contributed by atoms with Gasteiger partial charge in [0, 0.05) is 5.69 Å². The molecular formula is C18H19NO4. The molecule has 0 unspecified atom stereocenters. The lowest BCUT2D eigenvalue weighted by Crippen LogP contribution is -2.30. The summed E-state index contributed by atoms with van der Waals surface area (Å²) in [4.78, 5) is 23.5. The maximum Gasteiger partial charge on any atom is 0.337 e. The van der Waals surface area contributed by atoms with Gasteiger partial charge in [0.2, 0.25) is 0 Å². The van der Waals surface area contributed by atoms with E-state index in [4.69, 9.17) is 4.74 Å². The molecule has 5 nitrogen and oxygen atoms in total. The van der Waals surface area contributed by atoms with E-state index in [1.165, 1.54) is 7.11 Å². The van der Waals surface area contributed by atoms with Gasteiger partial charge < -0.3 is 14.8 Å². The second kappa shape index (κ2) is 7.45. The van der Waals surface area contributed by atoms with Gasteiger partial charge in [-0.15, -0.1) is 0 Å². The normalized spacial score (nSPS) is 11.4. The number of hydrogen-bond donors (Lipinski definition) is 1. The molecule has 0 spiro atoms. The van der Waals surface area contributed by atoms with Crippen molar-refractivity contribution in [2.75, 3.05) is 12.4 Å². The summed E-state index contributed by atoms with van der Waals surface area (Å²) in [5, 5.41) is 2.80. The van der Waals surface area contributed by atoms with E-state index in [-0.39, 0.29) is 5.91 Å². The summed E-state index contributed by atoms with van der Waals surface area (Å²) in [5.41, 5.74) is 2.22. The van der Waals surface area contributed by atoms with Gasteiger partial charge in [0.05, 0.1) is 12.7 Å².